The molecule has 0 aliphatic rings. The molecule has 1 heterocycles. The van der Waals surface area contributed by atoms with Gasteiger partial charge in [-0.15, -0.1) is 0 Å². The molecule has 1 aromatic heterocycles. The third kappa shape index (κ3) is 3.31. The molecule has 0 fully saturated rings. The fourth-order valence-electron chi connectivity index (χ4n) is 2.54. The van der Waals surface area contributed by atoms with Crippen molar-refractivity contribution in [3.05, 3.63) is 65.0 Å². The molecule has 4 nitrogen and oxygen atoms in total. The van der Waals surface area contributed by atoms with Crippen LogP contribution < -0.4 is 0 Å². The Morgan fingerprint density at radius 1 is 1.22 bits per heavy atom. The number of fused-ring (bicyclic) bond motifs is 1. The van der Waals surface area contributed by atoms with Crippen molar-refractivity contribution < 1.29 is 14.3 Å². The highest BCUT2D eigenvalue weighted by Crippen LogP contribution is 2.26. The molecule has 3 aromatic rings. The maximum Gasteiger partial charge on any atom is 0.308 e. The van der Waals surface area contributed by atoms with E-state index in [1.165, 1.54) is 5.56 Å². The van der Waals surface area contributed by atoms with Crippen LogP contribution in [0.25, 0.3) is 22.7 Å². The molecule has 0 bridgehead atoms. The number of para-hydroxylation sites is 2. The van der Waals surface area contributed by atoms with Gasteiger partial charge in [-0.05, 0) is 43.2 Å². The Labute approximate surface area is 134 Å². The van der Waals surface area contributed by atoms with Gasteiger partial charge in [0.2, 0.25) is 5.89 Å². The summed E-state index contributed by atoms with van der Waals surface area (Å²) in [6.07, 6.45) is 1.70. The third-order valence-corrected chi connectivity index (χ3v) is 3.67. The van der Waals surface area contributed by atoms with Crippen molar-refractivity contribution >= 4 is 28.7 Å². The van der Waals surface area contributed by atoms with E-state index in [4.69, 9.17) is 4.42 Å². The molecule has 3 rings (SSSR count). The van der Waals surface area contributed by atoms with Gasteiger partial charge in [0.25, 0.3) is 0 Å². The van der Waals surface area contributed by atoms with Gasteiger partial charge >= 0.3 is 5.97 Å². The summed E-state index contributed by atoms with van der Waals surface area (Å²) in [6.45, 7) is 4.03. The molecule has 0 spiro atoms. The molecule has 0 radical (unpaired) electrons. The lowest BCUT2D eigenvalue weighted by Crippen LogP contribution is -1.98. The highest BCUT2D eigenvalue weighted by atomic mass is 16.4. The summed E-state index contributed by atoms with van der Waals surface area (Å²) in [5.41, 5.74) is 5.15. The first kappa shape index (κ1) is 15.0. The molecule has 23 heavy (non-hydrogen) atoms. The van der Waals surface area contributed by atoms with Crippen LogP contribution in [0.2, 0.25) is 0 Å². The van der Waals surface area contributed by atoms with Gasteiger partial charge in [-0.1, -0.05) is 35.9 Å². The lowest BCUT2D eigenvalue weighted by atomic mass is 10.0. The Balaban J connectivity index is 2.09. The maximum atomic E-state index is 11.2. The molecule has 0 unspecified atom stereocenters. The molecular formula is C19H17NO3. The molecular weight excluding hydrogens is 290 g/mol. The van der Waals surface area contributed by atoms with E-state index in [1.54, 1.807) is 0 Å². The lowest BCUT2D eigenvalue weighted by Gasteiger charge is -2.05. The largest absolute Gasteiger partial charge is 0.481 e. The number of carbonyl (C=O) groups is 1. The monoisotopic (exact) mass is 307 g/mol. The number of aryl methyl sites for hydroxylation is 2. The van der Waals surface area contributed by atoms with Gasteiger partial charge in [-0.3, -0.25) is 4.79 Å². The second kappa shape index (κ2) is 6.08. The predicted octanol–water partition coefficient (Wildman–Crippen LogP) is 4.46. The molecule has 2 aromatic carbocycles. The molecule has 0 saturated heterocycles. The van der Waals surface area contributed by atoms with Gasteiger partial charge < -0.3 is 9.52 Å². The number of rotatable bonds is 4. The minimum absolute atomic E-state index is 0.139. The molecule has 0 aliphatic heterocycles. The summed E-state index contributed by atoms with van der Waals surface area (Å²) in [4.78, 5) is 15.6. The van der Waals surface area contributed by atoms with Crippen molar-refractivity contribution in [2.75, 3.05) is 0 Å². The van der Waals surface area contributed by atoms with Gasteiger partial charge in [0.1, 0.15) is 5.52 Å². The average Bonchev–Trinajstić information content (AvgIpc) is 2.92. The first-order valence-electron chi connectivity index (χ1n) is 7.38. The zero-order valence-corrected chi connectivity index (χ0v) is 13.0. The van der Waals surface area contributed by atoms with Gasteiger partial charge in [0, 0.05) is 5.57 Å². The summed E-state index contributed by atoms with van der Waals surface area (Å²) in [5.74, 6) is -0.558. The molecule has 116 valence electrons. The van der Waals surface area contributed by atoms with Gasteiger partial charge in [0.15, 0.2) is 5.58 Å². The van der Waals surface area contributed by atoms with E-state index in [9.17, 15) is 9.90 Å². The first-order valence-corrected chi connectivity index (χ1v) is 7.38. The fourth-order valence-corrected chi connectivity index (χ4v) is 2.54. The van der Waals surface area contributed by atoms with Crippen molar-refractivity contribution in [1.29, 1.82) is 0 Å². The maximum absolute atomic E-state index is 11.2. The quantitative estimate of drug-likeness (QED) is 0.773. The SMILES string of the molecule is Cc1ccc(/C=C(\CC(=O)O)c2nc3ccccc3o2)c(C)c1. The van der Waals surface area contributed by atoms with E-state index in [1.807, 2.05) is 56.3 Å². The number of carboxylic acid groups (broad SMARTS) is 1. The number of hydrogen-bond acceptors (Lipinski definition) is 3. The number of aromatic nitrogens is 1. The number of carboxylic acids is 1. The van der Waals surface area contributed by atoms with Crippen LogP contribution in [-0.2, 0) is 4.79 Å². The summed E-state index contributed by atoms with van der Waals surface area (Å²) >= 11 is 0. The Morgan fingerprint density at radius 3 is 2.70 bits per heavy atom. The summed E-state index contributed by atoms with van der Waals surface area (Å²) in [6, 6.07) is 13.5. The normalized spacial score (nSPS) is 11.8. The number of aliphatic carboxylic acids is 1. The Bertz CT molecular complexity index is 873. The van der Waals surface area contributed by atoms with Crippen molar-refractivity contribution in [1.82, 2.24) is 4.98 Å². The minimum Gasteiger partial charge on any atom is -0.481 e. The highest BCUT2D eigenvalue weighted by molar-refractivity contribution is 5.91. The van der Waals surface area contributed by atoms with Crippen LogP contribution in [0, 0.1) is 13.8 Å². The van der Waals surface area contributed by atoms with E-state index < -0.39 is 5.97 Å². The summed E-state index contributed by atoms with van der Waals surface area (Å²) < 4.78 is 5.72. The zero-order chi connectivity index (χ0) is 16.4. The fraction of sp³-hybridized carbons (Fsp3) is 0.158. The number of hydrogen-bond donors (Lipinski definition) is 1. The molecule has 0 amide bonds. The highest BCUT2D eigenvalue weighted by Gasteiger charge is 2.14. The molecule has 0 aliphatic carbocycles. The van der Waals surface area contributed by atoms with Crippen LogP contribution in [0.15, 0.2) is 46.9 Å². The number of benzene rings is 2. The van der Waals surface area contributed by atoms with Crippen molar-refractivity contribution in [3.63, 3.8) is 0 Å². The number of oxazole rings is 1. The smallest absolute Gasteiger partial charge is 0.308 e. The van der Waals surface area contributed by atoms with E-state index in [0.29, 0.717) is 17.0 Å². The van der Waals surface area contributed by atoms with E-state index in [-0.39, 0.29) is 6.42 Å². The van der Waals surface area contributed by atoms with Gasteiger partial charge in [-0.25, -0.2) is 4.98 Å². The lowest BCUT2D eigenvalue weighted by molar-refractivity contribution is -0.135. The van der Waals surface area contributed by atoms with Crippen molar-refractivity contribution in [3.8, 4) is 0 Å². The predicted molar refractivity (Wildman–Crippen MR) is 90.0 cm³/mol. The van der Waals surface area contributed by atoms with E-state index in [2.05, 4.69) is 11.1 Å². The van der Waals surface area contributed by atoms with Crippen LogP contribution >= 0.6 is 0 Å². The topological polar surface area (TPSA) is 63.3 Å². The Morgan fingerprint density at radius 2 is 2.00 bits per heavy atom. The van der Waals surface area contributed by atoms with E-state index in [0.717, 1.165) is 16.6 Å². The molecule has 4 heteroatoms. The van der Waals surface area contributed by atoms with Gasteiger partial charge in [0.05, 0.1) is 6.42 Å². The van der Waals surface area contributed by atoms with Crippen LogP contribution in [0.5, 0.6) is 0 Å². The van der Waals surface area contributed by atoms with Crippen LogP contribution in [0.1, 0.15) is 29.0 Å². The summed E-state index contributed by atoms with van der Waals surface area (Å²) in [7, 11) is 0. The second-order valence-corrected chi connectivity index (χ2v) is 5.59. The zero-order valence-electron chi connectivity index (χ0n) is 13.0. The molecule has 1 N–H and O–H groups in total. The van der Waals surface area contributed by atoms with Crippen LogP contribution in [0.4, 0.5) is 0 Å². The summed E-state index contributed by atoms with van der Waals surface area (Å²) in [5, 5.41) is 9.20. The Kier molecular flexibility index (Phi) is 3.98. The first-order chi connectivity index (χ1) is 11.0. The third-order valence-electron chi connectivity index (χ3n) is 3.67. The van der Waals surface area contributed by atoms with Gasteiger partial charge in [-0.2, -0.15) is 0 Å². The molecule has 0 atom stereocenters. The second-order valence-electron chi connectivity index (χ2n) is 5.59. The Hall–Kier alpha value is -2.88. The number of nitrogens with zero attached hydrogens (tertiary/aromatic N) is 1. The van der Waals surface area contributed by atoms with Crippen LogP contribution in [-0.4, -0.2) is 16.1 Å². The van der Waals surface area contributed by atoms with Crippen molar-refractivity contribution in [2.24, 2.45) is 0 Å². The average molecular weight is 307 g/mol. The van der Waals surface area contributed by atoms with E-state index >= 15 is 0 Å². The van der Waals surface area contributed by atoms with Crippen molar-refractivity contribution in [2.45, 2.75) is 20.3 Å². The molecule has 0 saturated carbocycles. The van der Waals surface area contributed by atoms with Crippen LogP contribution in [0.3, 0.4) is 0 Å². The minimum atomic E-state index is -0.914. The standard InChI is InChI=1S/C19H17NO3/c1-12-7-8-14(13(2)9-12)10-15(11-18(21)22)19-20-16-5-3-4-6-17(16)23-19/h3-10H,11H2,1-2H3,(H,21,22)/b15-10+.